The molecule has 0 atom stereocenters. The summed E-state index contributed by atoms with van der Waals surface area (Å²) in [7, 11) is -3.79. The highest BCUT2D eigenvalue weighted by Crippen LogP contribution is 2.27. The largest absolute Gasteiger partial charge is 0.337 e. The summed E-state index contributed by atoms with van der Waals surface area (Å²) in [6.45, 7) is 1.66. The van der Waals surface area contributed by atoms with Crippen molar-refractivity contribution < 1.29 is 17.3 Å². The quantitative estimate of drug-likeness (QED) is 0.656. The first-order chi connectivity index (χ1) is 12.2. The normalized spacial score (nSPS) is 11.5. The van der Waals surface area contributed by atoms with Crippen LogP contribution >= 0.6 is 11.6 Å². The lowest BCUT2D eigenvalue weighted by atomic mass is 10.1. The van der Waals surface area contributed by atoms with Crippen molar-refractivity contribution >= 4 is 27.3 Å². The highest BCUT2D eigenvalue weighted by Gasteiger charge is 2.24. The molecule has 136 valence electrons. The van der Waals surface area contributed by atoms with Crippen LogP contribution in [0.25, 0.3) is 11.4 Å². The van der Waals surface area contributed by atoms with Gasteiger partial charge in [0.15, 0.2) is 0 Å². The summed E-state index contributed by atoms with van der Waals surface area (Å²) < 4.78 is 44.4. The van der Waals surface area contributed by atoms with E-state index >= 15 is 0 Å². The molecule has 0 saturated carbocycles. The van der Waals surface area contributed by atoms with Crippen LogP contribution in [-0.2, 0) is 16.6 Å². The van der Waals surface area contributed by atoms with Gasteiger partial charge in [-0.3, -0.25) is 4.31 Å². The number of nitrogens with zero attached hydrogens (tertiary/aromatic N) is 3. The lowest BCUT2D eigenvalue weighted by Gasteiger charge is -2.21. The minimum atomic E-state index is -3.79. The summed E-state index contributed by atoms with van der Waals surface area (Å²) >= 11 is 5.73. The molecule has 3 aromatic rings. The number of rotatable bonds is 5. The fourth-order valence-corrected chi connectivity index (χ4v) is 3.34. The van der Waals surface area contributed by atoms with Crippen LogP contribution in [0.4, 0.5) is 10.1 Å². The Balaban J connectivity index is 1.92. The van der Waals surface area contributed by atoms with Gasteiger partial charge in [0.1, 0.15) is 12.4 Å². The maximum absolute atomic E-state index is 14.2. The van der Waals surface area contributed by atoms with Gasteiger partial charge in [-0.2, -0.15) is 4.98 Å². The number of benzene rings is 2. The number of hydrogen-bond donors (Lipinski definition) is 0. The van der Waals surface area contributed by atoms with Gasteiger partial charge in [-0.05, 0) is 25.1 Å². The number of halogens is 2. The Hall–Kier alpha value is -2.45. The first kappa shape index (κ1) is 18.3. The Morgan fingerprint density at radius 3 is 2.50 bits per heavy atom. The Bertz CT molecular complexity index is 1040. The van der Waals surface area contributed by atoms with Crippen LogP contribution in [-0.4, -0.2) is 24.8 Å². The minimum absolute atomic E-state index is 0.0420. The fourth-order valence-electron chi connectivity index (χ4n) is 2.33. The predicted molar refractivity (Wildman–Crippen MR) is 96.9 cm³/mol. The van der Waals surface area contributed by atoms with Crippen molar-refractivity contribution in [3.05, 3.63) is 64.8 Å². The van der Waals surface area contributed by atoms with E-state index in [0.717, 1.165) is 27.8 Å². The number of aromatic nitrogens is 2. The molecule has 2 aromatic carbocycles. The topological polar surface area (TPSA) is 76.3 Å². The van der Waals surface area contributed by atoms with E-state index in [2.05, 4.69) is 10.1 Å². The van der Waals surface area contributed by atoms with E-state index in [1.807, 2.05) is 31.2 Å². The van der Waals surface area contributed by atoms with E-state index in [1.54, 1.807) is 0 Å². The number of hydrogen-bond acceptors (Lipinski definition) is 5. The average Bonchev–Trinajstić information content (AvgIpc) is 3.02. The van der Waals surface area contributed by atoms with Crippen LogP contribution in [0.3, 0.4) is 0 Å². The smallest absolute Gasteiger partial charge is 0.247 e. The minimum Gasteiger partial charge on any atom is -0.337 e. The van der Waals surface area contributed by atoms with Crippen molar-refractivity contribution in [3.8, 4) is 11.4 Å². The highest BCUT2D eigenvalue weighted by atomic mass is 35.5. The summed E-state index contributed by atoms with van der Waals surface area (Å²) in [5.41, 5.74) is 1.67. The molecule has 0 spiro atoms. The molecule has 0 amide bonds. The standard InChI is InChI=1S/C17H15ClFN3O3S/c1-11-3-5-12(6-4-11)17-20-16(25-21-17)10-22(26(2,23)24)15-8-7-13(18)9-14(15)19/h3-9H,10H2,1-2H3. The van der Waals surface area contributed by atoms with E-state index in [9.17, 15) is 12.8 Å². The maximum atomic E-state index is 14.2. The van der Waals surface area contributed by atoms with Gasteiger partial charge in [0.25, 0.3) is 0 Å². The highest BCUT2D eigenvalue weighted by molar-refractivity contribution is 7.92. The predicted octanol–water partition coefficient (Wildman–Crippen LogP) is 3.80. The monoisotopic (exact) mass is 395 g/mol. The lowest BCUT2D eigenvalue weighted by Crippen LogP contribution is -2.30. The second-order valence-electron chi connectivity index (χ2n) is 5.74. The first-order valence-electron chi connectivity index (χ1n) is 7.56. The average molecular weight is 396 g/mol. The van der Waals surface area contributed by atoms with Crippen LogP contribution in [0.15, 0.2) is 47.0 Å². The zero-order valence-electron chi connectivity index (χ0n) is 14.0. The third-order valence-corrected chi connectivity index (χ3v) is 5.00. The van der Waals surface area contributed by atoms with Crippen molar-refractivity contribution in [1.82, 2.24) is 10.1 Å². The van der Waals surface area contributed by atoms with Crippen LogP contribution in [0, 0.1) is 12.7 Å². The Labute approximate surface area is 155 Å². The SMILES string of the molecule is Cc1ccc(-c2noc(CN(c3ccc(Cl)cc3F)S(C)(=O)=O)n2)cc1. The van der Waals surface area contributed by atoms with E-state index < -0.39 is 15.8 Å². The van der Waals surface area contributed by atoms with Crippen molar-refractivity contribution in [2.75, 3.05) is 10.6 Å². The van der Waals surface area contributed by atoms with E-state index in [-0.39, 0.29) is 23.1 Å². The molecule has 0 saturated heterocycles. The van der Waals surface area contributed by atoms with E-state index in [0.29, 0.717) is 5.82 Å². The molecule has 9 heteroatoms. The summed E-state index contributed by atoms with van der Waals surface area (Å²) in [6.07, 6.45) is 0.971. The van der Waals surface area contributed by atoms with Crippen LogP contribution in [0.2, 0.25) is 5.02 Å². The molecule has 1 aromatic heterocycles. The number of sulfonamides is 1. The molecular formula is C17H15ClFN3O3S. The van der Waals surface area contributed by atoms with E-state index in [4.69, 9.17) is 16.1 Å². The van der Waals surface area contributed by atoms with Crippen LogP contribution < -0.4 is 4.31 Å². The van der Waals surface area contributed by atoms with Gasteiger partial charge in [-0.25, -0.2) is 12.8 Å². The lowest BCUT2D eigenvalue weighted by molar-refractivity contribution is 0.380. The Kier molecular flexibility index (Phi) is 4.97. The molecule has 0 unspecified atom stereocenters. The zero-order valence-corrected chi connectivity index (χ0v) is 15.6. The molecule has 3 rings (SSSR count). The molecule has 0 fully saturated rings. The van der Waals surface area contributed by atoms with Crippen molar-refractivity contribution in [1.29, 1.82) is 0 Å². The van der Waals surface area contributed by atoms with Crippen LogP contribution in [0.1, 0.15) is 11.5 Å². The molecule has 0 radical (unpaired) electrons. The summed E-state index contributed by atoms with van der Waals surface area (Å²) in [5.74, 6) is -0.397. The molecule has 26 heavy (non-hydrogen) atoms. The van der Waals surface area contributed by atoms with Gasteiger partial charge in [0.05, 0.1) is 11.9 Å². The molecule has 0 aliphatic heterocycles. The molecule has 0 aliphatic rings. The summed E-state index contributed by atoms with van der Waals surface area (Å²) in [5, 5.41) is 4.02. The van der Waals surface area contributed by atoms with Gasteiger partial charge in [-0.15, -0.1) is 0 Å². The number of aryl methyl sites for hydroxylation is 1. The number of anilines is 1. The molecule has 0 aliphatic carbocycles. The van der Waals surface area contributed by atoms with Crippen molar-refractivity contribution in [2.24, 2.45) is 0 Å². The van der Waals surface area contributed by atoms with Crippen LogP contribution in [0.5, 0.6) is 0 Å². The third-order valence-electron chi connectivity index (χ3n) is 3.64. The molecule has 6 nitrogen and oxygen atoms in total. The van der Waals surface area contributed by atoms with Crippen molar-refractivity contribution in [3.63, 3.8) is 0 Å². The fraction of sp³-hybridized carbons (Fsp3) is 0.176. The second-order valence-corrected chi connectivity index (χ2v) is 8.09. The first-order valence-corrected chi connectivity index (χ1v) is 9.79. The second kappa shape index (κ2) is 7.05. The zero-order chi connectivity index (χ0) is 18.9. The molecule has 0 N–H and O–H groups in total. The summed E-state index contributed by atoms with van der Waals surface area (Å²) in [6, 6.07) is 11.2. The molecule has 0 bridgehead atoms. The molecule has 1 heterocycles. The maximum Gasteiger partial charge on any atom is 0.247 e. The summed E-state index contributed by atoms with van der Waals surface area (Å²) in [4.78, 5) is 4.20. The molecular weight excluding hydrogens is 381 g/mol. The Morgan fingerprint density at radius 2 is 1.88 bits per heavy atom. The van der Waals surface area contributed by atoms with Crippen molar-refractivity contribution in [2.45, 2.75) is 13.5 Å². The van der Waals surface area contributed by atoms with Gasteiger partial charge in [0.2, 0.25) is 21.7 Å². The Morgan fingerprint density at radius 1 is 1.19 bits per heavy atom. The van der Waals surface area contributed by atoms with Gasteiger partial charge in [0, 0.05) is 10.6 Å². The third kappa shape index (κ3) is 4.03. The van der Waals surface area contributed by atoms with Gasteiger partial charge < -0.3 is 4.52 Å². The van der Waals surface area contributed by atoms with E-state index in [1.165, 1.54) is 12.1 Å². The van der Waals surface area contributed by atoms with Gasteiger partial charge >= 0.3 is 0 Å². The van der Waals surface area contributed by atoms with Gasteiger partial charge in [-0.1, -0.05) is 46.6 Å².